The standard InChI is InChI=1S/C18H22N2O8/c1-5-27-17(22)15(20(25)26)11-13(16(21)28-18(2,3)4)10-12-8-6-7-9-14(12)19(23)24/h6-10,15H,5,11H2,1-4H3/b13-10+. The van der Waals surface area contributed by atoms with Crippen LogP contribution in [0.4, 0.5) is 5.69 Å². The molecule has 1 aromatic carbocycles. The van der Waals surface area contributed by atoms with Gasteiger partial charge in [0.05, 0.1) is 23.5 Å². The van der Waals surface area contributed by atoms with Crippen LogP contribution in [0.5, 0.6) is 0 Å². The molecule has 0 aromatic heterocycles. The number of carbonyl (C=O) groups is 2. The average molecular weight is 394 g/mol. The molecule has 10 nitrogen and oxygen atoms in total. The van der Waals surface area contributed by atoms with Crippen LogP contribution in [0.2, 0.25) is 0 Å². The molecule has 0 aliphatic carbocycles. The third kappa shape index (κ3) is 6.78. The van der Waals surface area contributed by atoms with Crippen molar-refractivity contribution in [1.29, 1.82) is 0 Å². The number of nitro benzene ring substituents is 1. The second-order valence-electron chi connectivity index (χ2n) is 6.74. The Morgan fingerprint density at radius 1 is 1.18 bits per heavy atom. The summed E-state index contributed by atoms with van der Waals surface area (Å²) in [6.45, 7) is 6.23. The number of esters is 2. The van der Waals surface area contributed by atoms with E-state index >= 15 is 0 Å². The van der Waals surface area contributed by atoms with Crippen LogP contribution >= 0.6 is 0 Å². The molecule has 0 N–H and O–H groups in total. The van der Waals surface area contributed by atoms with Gasteiger partial charge in [-0.15, -0.1) is 0 Å². The lowest BCUT2D eigenvalue weighted by atomic mass is 10.0. The molecule has 0 heterocycles. The molecular formula is C18H22N2O8. The molecule has 0 aliphatic rings. The predicted molar refractivity (Wildman–Crippen MR) is 99.0 cm³/mol. The van der Waals surface area contributed by atoms with Gasteiger partial charge in [-0.05, 0) is 39.8 Å². The second-order valence-corrected chi connectivity index (χ2v) is 6.74. The minimum Gasteiger partial charge on any atom is -0.461 e. The lowest BCUT2D eigenvalue weighted by Gasteiger charge is -2.21. The van der Waals surface area contributed by atoms with Crippen molar-refractivity contribution in [3.8, 4) is 0 Å². The highest BCUT2D eigenvalue weighted by Crippen LogP contribution is 2.24. The van der Waals surface area contributed by atoms with Crippen LogP contribution in [-0.4, -0.2) is 40.0 Å². The van der Waals surface area contributed by atoms with Crippen molar-refractivity contribution in [2.75, 3.05) is 6.61 Å². The summed E-state index contributed by atoms with van der Waals surface area (Å²) in [6, 6.07) is 3.73. The molecule has 0 saturated carbocycles. The topological polar surface area (TPSA) is 139 Å². The van der Waals surface area contributed by atoms with E-state index < -0.39 is 39.8 Å². The molecule has 0 spiro atoms. The largest absolute Gasteiger partial charge is 0.461 e. The van der Waals surface area contributed by atoms with Gasteiger partial charge >= 0.3 is 18.0 Å². The number of hydrogen-bond donors (Lipinski definition) is 0. The fraction of sp³-hybridized carbons (Fsp3) is 0.444. The number of nitrogens with zero attached hydrogens (tertiary/aromatic N) is 2. The number of rotatable bonds is 8. The Kier molecular flexibility index (Phi) is 7.78. The van der Waals surface area contributed by atoms with Crippen LogP contribution in [0.3, 0.4) is 0 Å². The summed E-state index contributed by atoms with van der Waals surface area (Å²) in [5.74, 6) is -2.02. The van der Waals surface area contributed by atoms with Crippen LogP contribution in [0.15, 0.2) is 29.8 Å². The summed E-state index contributed by atoms with van der Waals surface area (Å²) in [4.78, 5) is 45.4. The van der Waals surface area contributed by atoms with Crippen LogP contribution in [0.25, 0.3) is 6.08 Å². The summed E-state index contributed by atoms with van der Waals surface area (Å²) >= 11 is 0. The summed E-state index contributed by atoms with van der Waals surface area (Å²) in [5, 5.41) is 22.5. The van der Waals surface area contributed by atoms with Gasteiger partial charge in [-0.3, -0.25) is 20.2 Å². The zero-order valence-electron chi connectivity index (χ0n) is 16.0. The van der Waals surface area contributed by atoms with Crippen LogP contribution in [-0.2, 0) is 19.1 Å². The van der Waals surface area contributed by atoms with Gasteiger partial charge in [-0.1, -0.05) is 12.1 Å². The Labute approximate surface area is 161 Å². The van der Waals surface area contributed by atoms with Crippen molar-refractivity contribution >= 4 is 23.7 Å². The summed E-state index contributed by atoms with van der Waals surface area (Å²) < 4.78 is 9.93. The van der Waals surface area contributed by atoms with Crippen LogP contribution in [0.1, 0.15) is 39.7 Å². The van der Waals surface area contributed by atoms with E-state index in [2.05, 4.69) is 0 Å². The number of para-hydroxylation sites is 1. The minimum absolute atomic E-state index is 0.0549. The second kappa shape index (κ2) is 9.58. The van der Waals surface area contributed by atoms with E-state index in [0.717, 1.165) is 6.08 Å². The van der Waals surface area contributed by atoms with Gasteiger partial charge in [-0.2, -0.15) is 0 Å². The predicted octanol–water partition coefficient (Wildman–Crippen LogP) is 2.92. The Hall–Kier alpha value is -3.30. The number of nitro groups is 2. The SMILES string of the molecule is CCOC(=O)C(C/C(=C\c1ccccc1[N+](=O)[O-])C(=O)OC(C)(C)C)[N+](=O)[O-]. The van der Waals surface area contributed by atoms with Gasteiger partial charge in [0.1, 0.15) is 5.60 Å². The first-order valence-corrected chi connectivity index (χ1v) is 8.43. The average Bonchev–Trinajstić information content (AvgIpc) is 2.56. The summed E-state index contributed by atoms with van der Waals surface area (Å²) in [6.07, 6.45) is 0.495. The van der Waals surface area contributed by atoms with E-state index in [0.29, 0.717) is 0 Å². The van der Waals surface area contributed by atoms with Gasteiger partial charge in [-0.25, -0.2) is 9.59 Å². The van der Waals surface area contributed by atoms with E-state index in [-0.39, 0.29) is 23.4 Å². The fourth-order valence-electron chi connectivity index (χ4n) is 2.20. The van der Waals surface area contributed by atoms with Gasteiger partial charge in [0.25, 0.3) is 5.69 Å². The van der Waals surface area contributed by atoms with Gasteiger partial charge in [0.2, 0.25) is 0 Å². The fourth-order valence-corrected chi connectivity index (χ4v) is 2.20. The van der Waals surface area contributed by atoms with E-state index in [1.165, 1.54) is 31.2 Å². The number of hydrogen-bond acceptors (Lipinski definition) is 8. The minimum atomic E-state index is -1.85. The van der Waals surface area contributed by atoms with Crippen molar-refractivity contribution in [2.45, 2.75) is 45.8 Å². The number of ether oxygens (including phenoxy) is 2. The van der Waals surface area contributed by atoms with E-state index in [9.17, 15) is 29.8 Å². The van der Waals surface area contributed by atoms with Gasteiger partial charge in [0, 0.05) is 16.6 Å². The highest BCUT2D eigenvalue weighted by atomic mass is 16.6. The van der Waals surface area contributed by atoms with E-state index in [1.54, 1.807) is 20.8 Å². The quantitative estimate of drug-likeness (QED) is 0.284. The number of benzene rings is 1. The molecule has 152 valence electrons. The molecule has 0 fully saturated rings. The Morgan fingerprint density at radius 3 is 2.29 bits per heavy atom. The van der Waals surface area contributed by atoms with E-state index in [4.69, 9.17) is 9.47 Å². The first-order chi connectivity index (χ1) is 13.0. The molecule has 1 rings (SSSR count). The molecule has 10 heteroatoms. The molecule has 0 saturated heterocycles. The normalized spacial score (nSPS) is 12.8. The first kappa shape index (κ1) is 22.7. The van der Waals surface area contributed by atoms with Crippen LogP contribution in [0, 0.1) is 20.2 Å². The maximum Gasteiger partial charge on any atom is 0.382 e. The number of carbonyl (C=O) groups excluding carboxylic acids is 2. The maximum absolute atomic E-state index is 12.5. The highest BCUT2D eigenvalue weighted by Gasteiger charge is 2.35. The Bertz CT molecular complexity index is 795. The summed E-state index contributed by atoms with van der Waals surface area (Å²) in [5.41, 5.74) is -1.40. The molecule has 0 bridgehead atoms. The molecular weight excluding hydrogens is 372 g/mol. The third-order valence-corrected chi connectivity index (χ3v) is 3.35. The molecule has 0 aliphatic heterocycles. The van der Waals surface area contributed by atoms with Crippen molar-refractivity contribution in [3.63, 3.8) is 0 Å². The third-order valence-electron chi connectivity index (χ3n) is 3.35. The van der Waals surface area contributed by atoms with Crippen molar-refractivity contribution in [3.05, 3.63) is 55.6 Å². The monoisotopic (exact) mass is 394 g/mol. The smallest absolute Gasteiger partial charge is 0.382 e. The molecule has 0 radical (unpaired) electrons. The first-order valence-electron chi connectivity index (χ1n) is 8.43. The van der Waals surface area contributed by atoms with Crippen molar-refractivity contribution in [2.24, 2.45) is 0 Å². The summed E-state index contributed by atoms with van der Waals surface area (Å²) in [7, 11) is 0. The van der Waals surface area contributed by atoms with Gasteiger partial charge in [0.15, 0.2) is 0 Å². The Morgan fingerprint density at radius 2 is 1.79 bits per heavy atom. The van der Waals surface area contributed by atoms with E-state index in [1.807, 2.05) is 0 Å². The molecule has 0 amide bonds. The van der Waals surface area contributed by atoms with Gasteiger partial charge < -0.3 is 9.47 Å². The zero-order valence-corrected chi connectivity index (χ0v) is 16.0. The maximum atomic E-state index is 12.5. The lowest BCUT2D eigenvalue weighted by Crippen LogP contribution is -2.34. The lowest BCUT2D eigenvalue weighted by molar-refractivity contribution is -0.509. The molecule has 28 heavy (non-hydrogen) atoms. The molecule has 1 aromatic rings. The molecule has 1 unspecified atom stereocenters. The van der Waals surface area contributed by atoms with Crippen LogP contribution < -0.4 is 0 Å². The Balaban J connectivity index is 3.41. The van der Waals surface area contributed by atoms with Crippen molar-refractivity contribution in [1.82, 2.24) is 0 Å². The van der Waals surface area contributed by atoms with Crippen molar-refractivity contribution < 1.29 is 28.9 Å². The highest BCUT2D eigenvalue weighted by molar-refractivity contribution is 5.95. The zero-order chi connectivity index (χ0) is 21.5. The molecule has 1 atom stereocenters.